The van der Waals surface area contributed by atoms with Crippen molar-refractivity contribution in [2.45, 2.75) is 39.3 Å². The van der Waals surface area contributed by atoms with Gasteiger partial charge < -0.3 is 9.67 Å². The van der Waals surface area contributed by atoms with Gasteiger partial charge in [-0.05, 0) is 42.7 Å². The number of benzene rings is 2. The highest BCUT2D eigenvalue weighted by Gasteiger charge is 2.31. The van der Waals surface area contributed by atoms with Crippen molar-refractivity contribution < 1.29 is 23.1 Å². The predicted octanol–water partition coefficient (Wildman–Crippen LogP) is 5.70. The Morgan fingerprint density at radius 2 is 2.00 bits per heavy atom. The maximum atomic E-state index is 15.5. The summed E-state index contributed by atoms with van der Waals surface area (Å²) < 4.78 is 46.4. The third kappa shape index (κ3) is 3.03. The third-order valence-corrected chi connectivity index (χ3v) is 5.30. The number of carboxylic acid groups (broad SMARTS) is 1. The molecule has 0 radical (unpaired) electrons. The number of alkyl halides is 1. The number of nitrogens with zero attached hydrogens (tertiary/aromatic N) is 2. The van der Waals surface area contributed by atoms with Crippen molar-refractivity contribution in [3.63, 3.8) is 0 Å². The summed E-state index contributed by atoms with van der Waals surface area (Å²) >= 11 is 0. The summed E-state index contributed by atoms with van der Waals surface area (Å²) in [4.78, 5) is 11.2. The molecule has 2 heterocycles. The van der Waals surface area contributed by atoms with E-state index in [1.807, 2.05) is 13.8 Å². The van der Waals surface area contributed by atoms with Crippen molar-refractivity contribution in [3.8, 4) is 5.69 Å². The number of aryl methyl sites for hydroxylation is 1. The second-order valence-corrected chi connectivity index (χ2v) is 7.71. The van der Waals surface area contributed by atoms with Crippen molar-refractivity contribution in [2.24, 2.45) is 0 Å². The molecule has 4 aromatic rings. The summed E-state index contributed by atoms with van der Waals surface area (Å²) in [5.41, 5.74) is 1.87. The lowest BCUT2D eigenvalue weighted by molar-refractivity contribution is -0.138. The highest BCUT2D eigenvalue weighted by Crippen LogP contribution is 2.43. The van der Waals surface area contributed by atoms with E-state index in [0.29, 0.717) is 27.8 Å². The van der Waals surface area contributed by atoms with Crippen LogP contribution >= 0.6 is 0 Å². The molecule has 0 unspecified atom stereocenters. The number of halogens is 3. The third-order valence-electron chi connectivity index (χ3n) is 5.30. The van der Waals surface area contributed by atoms with Crippen molar-refractivity contribution in [1.29, 1.82) is 0 Å². The molecule has 8 heteroatoms. The van der Waals surface area contributed by atoms with Crippen LogP contribution < -0.4 is 0 Å². The number of carbonyl (C=O) groups is 1. The molecule has 1 atom stereocenters. The Morgan fingerprint density at radius 1 is 1.27 bits per heavy atom. The summed E-state index contributed by atoms with van der Waals surface area (Å²) in [6.45, 7) is 5.25. The van der Waals surface area contributed by atoms with Crippen LogP contribution in [0.4, 0.5) is 13.2 Å². The van der Waals surface area contributed by atoms with Gasteiger partial charge in [0, 0.05) is 27.7 Å². The van der Waals surface area contributed by atoms with Crippen LogP contribution in [-0.2, 0) is 4.79 Å². The van der Waals surface area contributed by atoms with E-state index in [2.05, 4.69) is 10.2 Å². The zero-order chi connectivity index (χ0) is 21.7. The van der Waals surface area contributed by atoms with Gasteiger partial charge >= 0.3 is 5.97 Å². The van der Waals surface area contributed by atoms with Gasteiger partial charge in [0.15, 0.2) is 5.82 Å². The molecule has 0 amide bonds. The van der Waals surface area contributed by atoms with Crippen molar-refractivity contribution in [2.75, 3.05) is 0 Å². The van der Waals surface area contributed by atoms with Gasteiger partial charge in [0.1, 0.15) is 17.5 Å². The molecule has 0 aliphatic rings. The first-order valence-electron chi connectivity index (χ1n) is 9.52. The number of aromatic amines is 1. The minimum atomic E-state index is -1.92. The zero-order valence-corrected chi connectivity index (χ0v) is 16.6. The molecule has 0 aliphatic carbocycles. The van der Waals surface area contributed by atoms with Gasteiger partial charge in [-0.2, -0.15) is 5.10 Å². The van der Waals surface area contributed by atoms with Crippen molar-refractivity contribution in [1.82, 2.24) is 14.8 Å². The quantitative estimate of drug-likeness (QED) is 0.439. The molecule has 0 saturated heterocycles. The normalized spacial score (nSPS) is 12.9. The van der Waals surface area contributed by atoms with E-state index in [4.69, 9.17) is 5.11 Å². The Hall–Kier alpha value is -3.29. The van der Waals surface area contributed by atoms with Crippen LogP contribution in [-0.4, -0.2) is 25.8 Å². The van der Waals surface area contributed by atoms with E-state index in [9.17, 15) is 9.18 Å². The Kier molecular flexibility index (Phi) is 4.80. The molecule has 2 N–H and O–H groups in total. The molecule has 30 heavy (non-hydrogen) atoms. The van der Waals surface area contributed by atoms with Gasteiger partial charge in [0.2, 0.25) is 0 Å². The fourth-order valence-electron chi connectivity index (χ4n) is 4.04. The Morgan fingerprint density at radius 3 is 2.63 bits per heavy atom. The topological polar surface area (TPSA) is 70.9 Å². The molecule has 156 valence electrons. The molecule has 2 aromatic carbocycles. The van der Waals surface area contributed by atoms with E-state index in [-0.39, 0.29) is 28.2 Å². The number of rotatable bonds is 5. The largest absolute Gasteiger partial charge is 0.481 e. The highest BCUT2D eigenvalue weighted by atomic mass is 19.1. The molecular formula is C22H20F3N3O2. The lowest BCUT2D eigenvalue weighted by Crippen LogP contribution is -2.08. The molecule has 0 bridgehead atoms. The number of H-pyrrole nitrogens is 1. The van der Waals surface area contributed by atoms with Crippen molar-refractivity contribution >= 4 is 27.8 Å². The number of aliphatic carboxylic acids is 1. The van der Waals surface area contributed by atoms with Gasteiger partial charge in [-0.3, -0.25) is 9.89 Å². The van der Waals surface area contributed by atoms with Gasteiger partial charge in [-0.15, -0.1) is 0 Å². The number of nitrogens with one attached hydrogen (secondary N) is 1. The summed E-state index contributed by atoms with van der Waals surface area (Å²) in [6.07, 6.45) is -1.24. The summed E-state index contributed by atoms with van der Waals surface area (Å²) in [5, 5.41) is 16.1. The van der Waals surface area contributed by atoms with Gasteiger partial charge in [0.05, 0.1) is 18.1 Å². The molecule has 4 rings (SSSR count). The Labute approximate surface area is 170 Å². The van der Waals surface area contributed by atoms with Crippen LogP contribution in [0.25, 0.3) is 27.5 Å². The fraction of sp³-hybridized carbons (Fsp3) is 0.273. The Balaban J connectivity index is 2.18. The standard InChI is InChI=1S/C22H20F3N3O2/c1-10(2)22-18(15(24)8-17(29)30)19-16(7-12-9-26-27-21(12)20(19)25)28(22)13-4-5-14(23)11(3)6-13/h4-7,9-10,15H,8H2,1-3H3,(H,26,27)(H,29,30)/t15-/m1/s1. The number of hydrogen-bond donors (Lipinski definition) is 2. The molecule has 0 fully saturated rings. The number of aromatic nitrogens is 3. The monoisotopic (exact) mass is 415 g/mol. The summed E-state index contributed by atoms with van der Waals surface area (Å²) in [5.74, 6) is -2.67. The lowest BCUT2D eigenvalue weighted by atomic mass is 9.97. The van der Waals surface area contributed by atoms with Crippen LogP contribution in [0.5, 0.6) is 0 Å². The first-order valence-corrected chi connectivity index (χ1v) is 9.52. The van der Waals surface area contributed by atoms with Crippen LogP contribution in [0.1, 0.15) is 49.2 Å². The van der Waals surface area contributed by atoms with Crippen LogP contribution in [0.2, 0.25) is 0 Å². The molecule has 2 aromatic heterocycles. The van der Waals surface area contributed by atoms with Gasteiger partial charge in [-0.1, -0.05) is 13.8 Å². The maximum Gasteiger partial charge on any atom is 0.306 e. The second-order valence-electron chi connectivity index (χ2n) is 7.71. The predicted molar refractivity (Wildman–Crippen MR) is 108 cm³/mol. The first kappa shape index (κ1) is 20.0. The molecule has 5 nitrogen and oxygen atoms in total. The minimum absolute atomic E-state index is 0.00150. The van der Waals surface area contributed by atoms with Gasteiger partial charge in [0.25, 0.3) is 0 Å². The van der Waals surface area contributed by atoms with E-state index >= 15 is 8.78 Å². The molecule has 0 saturated carbocycles. The van der Waals surface area contributed by atoms with Crippen LogP contribution in [0, 0.1) is 18.6 Å². The van der Waals surface area contributed by atoms with Crippen molar-refractivity contribution in [3.05, 3.63) is 58.9 Å². The van der Waals surface area contributed by atoms with E-state index in [0.717, 1.165) is 0 Å². The smallest absolute Gasteiger partial charge is 0.306 e. The van der Waals surface area contributed by atoms with Gasteiger partial charge in [-0.25, -0.2) is 13.2 Å². The van der Waals surface area contributed by atoms with E-state index in [1.54, 1.807) is 29.7 Å². The van der Waals surface area contributed by atoms with E-state index < -0.39 is 24.4 Å². The number of carboxylic acids is 1. The van der Waals surface area contributed by atoms with Crippen LogP contribution in [0.3, 0.4) is 0 Å². The molecule has 0 aliphatic heterocycles. The maximum absolute atomic E-state index is 15.5. The Bertz CT molecular complexity index is 1290. The van der Waals surface area contributed by atoms with E-state index in [1.165, 1.54) is 12.3 Å². The minimum Gasteiger partial charge on any atom is -0.481 e. The zero-order valence-electron chi connectivity index (χ0n) is 16.6. The highest BCUT2D eigenvalue weighted by molar-refractivity contribution is 6.00. The average molecular weight is 415 g/mol. The summed E-state index contributed by atoms with van der Waals surface area (Å²) in [7, 11) is 0. The fourth-order valence-corrected chi connectivity index (χ4v) is 4.04. The molecular weight excluding hydrogens is 395 g/mol. The lowest BCUT2D eigenvalue weighted by Gasteiger charge is -2.17. The average Bonchev–Trinajstić information content (AvgIpc) is 3.26. The van der Waals surface area contributed by atoms with Crippen LogP contribution in [0.15, 0.2) is 30.5 Å². The number of hydrogen-bond acceptors (Lipinski definition) is 2. The second kappa shape index (κ2) is 7.19. The summed E-state index contributed by atoms with van der Waals surface area (Å²) in [6, 6.07) is 6.13. The molecule has 0 spiro atoms. The first-order chi connectivity index (χ1) is 14.2. The number of fused-ring (bicyclic) bond motifs is 2. The SMILES string of the molecule is Cc1cc(-n2c(C(C)C)c([C@H](F)CC(=O)O)c3c(F)c4[nH]ncc4cc32)ccc1F.